The smallest absolute Gasteiger partial charge is 0.0101 e. The van der Waals surface area contributed by atoms with Crippen molar-refractivity contribution in [1.29, 1.82) is 0 Å². The summed E-state index contributed by atoms with van der Waals surface area (Å²) in [5, 5.41) is 3.76. The van der Waals surface area contributed by atoms with Crippen molar-refractivity contribution in [3.63, 3.8) is 0 Å². The van der Waals surface area contributed by atoms with E-state index in [4.69, 9.17) is 0 Å². The van der Waals surface area contributed by atoms with Gasteiger partial charge >= 0.3 is 0 Å². The van der Waals surface area contributed by atoms with Crippen molar-refractivity contribution < 1.29 is 0 Å². The van der Waals surface area contributed by atoms with Gasteiger partial charge in [-0.25, -0.2) is 0 Å². The minimum atomic E-state index is 0.470. The molecule has 0 heterocycles. The molecule has 1 fully saturated rings. The van der Waals surface area contributed by atoms with Crippen LogP contribution in [0, 0.1) is 11.3 Å². The zero-order valence-corrected chi connectivity index (χ0v) is 11.6. The fourth-order valence-electron chi connectivity index (χ4n) is 2.76. The minimum absolute atomic E-state index is 0.470. The number of rotatable bonds is 4. The van der Waals surface area contributed by atoms with E-state index in [2.05, 4.69) is 32.3 Å². The summed E-state index contributed by atoms with van der Waals surface area (Å²) in [7, 11) is 0. The first kappa shape index (κ1) is 13.4. The van der Waals surface area contributed by atoms with E-state index in [1.807, 2.05) is 11.8 Å². The number of hydrogen-bond donors (Lipinski definition) is 1. The van der Waals surface area contributed by atoms with Gasteiger partial charge in [0.05, 0.1) is 0 Å². The van der Waals surface area contributed by atoms with E-state index in [0.717, 1.165) is 12.0 Å². The fourth-order valence-corrected chi connectivity index (χ4v) is 3.08. The molecule has 0 aliphatic heterocycles. The topological polar surface area (TPSA) is 12.0 Å². The van der Waals surface area contributed by atoms with Crippen molar-refractivity contribution in [3.05, 3.63) is 0 Å². The Morgan fingerprint density at radius 1 is 1.20 bits per heavy atom. The van der Waals surface area contributed by atoms with E-state index < -0.39 is 0 Å². The third kappa shape index (κ3) is 4.36. The van der Waals surface area contributed by atoms with E-state index in [1.165, 1.54) is 38.0 Å². The molecule has 15 heavy (non-hydrogen) atoms. The molecular formula is C13H27NS. The standard InChI is InChI=1S/C13H27NS/c1-13(2,3)11-7-5-6-8-12(11)14-9-10-15-4/h11-12,14H,5-10H2,1-4H3. The van der Waals surface area contributed by atoms with Gasteiger partial charge in [0.2, 0.25) is 0 Å². The van der Waals surface area contributed by atoms with Crippen LogP contribution in [-0.2, 0) is 0 Å². The zero-order valence-electron chi connectivity index (χ0n) is 10.8. The van der Waals surface area contributed by atoms with Crippen LogP contribution in [0.5, 0.6) is 0 Å². The monoisotopic (exact) mass is 229 g/mol. The van der Waals surface area contributed by atoms with E-state index in [0.29, 0.717) is 5.41 Å². The lowest BCUT2D eigenvalue weighted by Crippen LogP contribution is -2.44. The van der Waals surface area contributed by atoms with Crippen molar-refractivity contribution in [2.45, 2.75) is 52.5 Å². The van der Waals surface area contributed by atoms with Gasteiger partial charge in [-0.15, -0.1) is 0 Å². The molecule has 0 spiro atoms. The predicted molar refractivity (Wildman–Crippen MR) is 71.6 cm³/mol. The van der Waals surface area contributed by atoms with Crippen LogP contribution in [0.15, 0.2) is 0 Å². The summed E-state index contributed by atoms with van der Waals surface area (Å²) in [5.41, 5.74) is 0.470. The molecule has 1 saturated carbocycles. The molecule has 1 aliphatic carbocycles. The highest BCUT2D eigenvalue weighted by molar-refractivity contribution is 7.98. The van der Waals surface area contributed by atoms with Crippen LogP contribution in [0.4, 0.5) is 0 Å². The second-order valence-corrected chi connectivity index (χ2v) is 6.80. The van der Waals surface area contributed by atoms with Crippen LogP contribution in [0.3, 0.4) is 0 Å². The molecule has 1 aliphatic rings. The second kappa shape index (κ2) is 6.15. The summed E-state index contributed by atoms with van der Waals surface area (Å²) in [6.45, 7) is 8.36. The van der Waals surface area contributed by atoms with Gasteiger partial charge in [-0.05, 0) is 30.4 Å². The molecule has 90 valence electrons. The normalized spacial score (nSPS) is 28.0. The first-order chi connectivity index (χ1) is 7.05. The van der Waals surface area contributed by atoms with Gasteiger partial charge in [-0.1, -0.05) is 33.6 Å². The maximum atomic E-state index is 3.76. The maximum Gasteiger partial charge on any atom is 0.0101 e. The summed E-state index contributed by atoms with van der Waals surface area (Å²) >= 11 is 1.94. The van der Waals surface area contributed by atoms with E-state index >= 15 is 0 Å². The Bertz CT molecular complexity index is 174. The van der Waals surface area contributed by atoms with E-state index in [-0.39, 0.29) is 0 Å². The molecule has 2 heteroatoms. The van der Waals surface area contributed by atoms with Crippen LogP contribution in [0.2, 0.25) is 0 Å². The minimum Gasteiger partial charge on any atom is -0.313 e. The first-order valence-corrected chi connectivity index (χ1v) is 7.67. The van der Waals surface area contributed by atoms with Crippen LogP contribution >= 0.6 is 11.8 Å². The van der Waals surface area contributed by atoms with E-state index in [1.54, 1.807) is 0 Å². The molecule has 0 saturated heterocycles. The van der Waals surface area contributed by atoms with Crippen molar-refractivity contribution in [2.24, 2.45) is 11.3 Å². The third-order valence-electron chi connectivity index (χ3n) is 3.59. The summed E-state index contributed by atoms with van der Waals surface area (Å²) in [6, 6.07) is 0.769. The molecule has 1 rings (SSSR count). The Kier molecular flexibility index (Phi) is 5.48. The van der Waals surface area contributed by atoms with Gasteiger partial charge in [0.15, 0.2) is 0 Å². The highest BCUT2D eigenvalue weighted by Crippen LogP contribution is 2.37. The van der Waals surface area contributed by atoms with Crippen molar-refractivity contribution >= 4 is 11.8 Å². The number of thioether (sulfide) groups is 1. The molecule has 0 aromatic carbocycles. The molecule has 0 radical (unpaired) electrons. The Morgan fingerprint density at radius 2 is 1.87 bits per heavy atom. The van der Waals surface area contributed by atoms with Crippen LogP contribution < -0.4 is 5.32 Å². The van der Waals surface area contributed by atoms with Crippen LogP contribution in [0.25, 0.3) is 0 Å². The number of nitrogens with one attached hydrogen (secondary N) is 1. The van der Waals surface area contributed by atoms with Crippen LogP contribution in [-0.4, -0.2) is 24.6 Å². The number of hydrogen-bond acceptors (Lipinski definition) is 2. The molecule has 0 amide bonds. The SMILES string of the molecule is CSCCNC1CCCCC1C(C)(C)C. The average molecular weight is 229 g/mol. The molecule has 0 aromatic rings. The lowest BCUT2D eigenvalue weighted by Gasteiger charge is -2.41. The van der Waals surface area contributed by atoms with Crippen molar-refractivity contribution in [3.8, 4) is 0 Å². The Balaban J connectivity index is 2.43. The zero-order chi connectivity index (χ0) is 11.3. The molecular weight excluding hydrogens is 202 g/mol. The first-order valence-electron chi connectivity index (χ1n) is 6.28. The van der Waals surface area contributed by atoms with Gasteiger partial charge < -0.3 is 5.32 Å². The molecule has 2 atom stereocenters. The van der Waals surface area contributed by atoms with Gasteiger partial charge in [0, 0.05) is 18.3 Å². The highest BCUT2D eigenvalue weighted by Gasteiger charge is 2.33. The molecule has 1 N–H and O–H groups in total. The third-order valence-corrected chi connectivity index (χ3v) is 4.20. The largest absolute Gasteiger partial charge is 0.313 e. The van der Waals surface area contributed by atoms with Gasteiger partial charge in [-0.3, -0.25) is 0 Å². The summed E-state index contributed by atoms with van der Waals surface area (Å²) in [6.07, 6.45) is 7.84. The maximum absolute atomic E-state index is 3.76. The second-order valence-electron chi connectivity index (χ2n) is 5.81. The lowest BCUT2D eigenvalue weighted by molar-refractivity contribution is 0.132. The van der Waals surface area contributed by atoms with Crippen molar-refractivity contribution in [1.82, 2.24) is 5.32 Å². The summed E-state index contributed by atoms with van der Waals surface area (Å²) in [4.78, 5) is 0. The predicted octanol–water partition coefficient (Wildman–Crippen LogP) is 3.54. The Hall–Kier alpha value is 0.310. The van der Waals surface area contributed by atoms with Gasteiger partial charge in [-0.2, -0.15) is 11.8 Å². The van der Waals surface area contributed by atoms with Crippen molar-refractivity contribution in [2.75, 3.05) is 18.6 Å². The average Bonchev–Trinajstić information content (AvgIpc) is 2.17. The fraction of sp³-hybridized carbons (Fsp3) is 1.00. The molecule has 0 bridgehead atoms. The quantitative estimate of drug-likeness (QED) is 0.740. The molecule has 1 nitrogen and oxygen atoms in total. The molecule has 2 unspecified atom stereocenters. The summed E-state index contributed by atoms with van der Waals surface area (Å²) in [5.74, 6) is 2.11. The van der Waals surface area contributed by atoms with E-state index in [9.17, 15) is 0 Å². The summed E-state index contributed by atoms with van der Waals surface area (Å²) < 4.78 is 0. The highest BCUT2D eigenvalue weighted by atomic mass is 32.2. The van der Waals surface area contributed by atoms with Crippen LogP contribution in [0.1, 0.15) is 46.5 Å². The van der Waals surface area contributed by atoms with Gasteiger partial charge in [0.1, 0.15) is 0 Å². The Morgan fingerprint density at radius 3 is 2.47 bits per heavy atom. The Labute approximate surface area is 99.8 Å². The van der Waals surface area contributed by atoms with Gasteiger partial charge in [0.25, 0.3) is 0 Å². The lowest BCUT2D eigenvalue weighted by atomic mass is 9.69. The molecule has 0 aromatic heterocycles.